The quantitative estimate of drug-likeness (QED) is 0.0303. The maximum Gasteiger partial charge on any atom is 2.00 e. The van der Waals surface area contributed by atoms with Gasteiger partial charge in [-0.05, 0) is 88.4 Å². The van der Waals surface area contributed by atoms with E-state index in [0.717, 1.165) is 25.0 Å². The summed E-state index contributed by atoms with van der Waals surface area (Å²) < 4.78 is 10.8. The van der Waals surface area contributed by atoms with Crippen molar-refractivity contribution in [1.82, 2.24) is 9.97 Å². The van der Waals surface area contributed by atoms with Gasteiger partial charge < -0.3 is 40.1 Å². The summed E-state index contributed by atoms with van der Waals surface area (Å²) in [5.41, 5.74) is 6.71. The van der Waals surface area contributed by atoms with E-state index in [0.29, 0.717) is 79.4 Å². The number of aliphatic hydroxyl groups excluding tert-OH is 1. The number of ether oxygens (including phenoxy) is 2. The largest absolute Gasteiger partial charge is 2.00 e. The van der Waals surface area contributed by atoms with E-state index >= 15 is 0 Å². The number of nitrogens with one attached hydrogen (secondary N) is 1. The van der Waals surface area contributed by atoms with Gasteiger partial charge in [0.25, 0.3) is 0 Å². The van der Waals surface area contributed by atoms with E-state index < -0.39 is 36.4 Å². The number of carbonyl (C=O) groups is 4. The van der Waals surface area contributed by atoms with Crippen molar-refractivity contribution < 1.29 is 38.8 Å². The number of fused-ring (bicyclic) bond motifs is 7. The van der Waals surface area contributed by atoms with Crippen LogP contribution in [0.3, 0.4) is 0 Å². The van der Waals surface area contributed by atoms with Crippen LogP contribution in [0.25, 0.3) is 23.0 Å². The number of hydroxylamine groups is 2. The summed E-state index contributed by atoms with van der Waals surface area (Å²) in [7, 11) is 0. The SMILES string of the molecule is C=CC1=C2/C=c3\[n-]/c(c(CC)c3C=O)=C/c3[n-]c4c(c3C)C(=O)[C@H](C(=O)OCO)/C4=C3/[N-]/C(=C\C(=C1C)[NH+]2[O-])[C@@H](C)[C@@H]3CCC(=O)OC/C=C(\C)CCC[C@@H](C)CCC[C@H](C)CC.[Mg+2]. The number of quaternary nitrogens is 1. The second-order valence-corrected chi connectivity index (χ2v) is 17.8. The molecular formula is C51H63MgN4O8-. The first-order valence-electron chi connectivity index (χ1n) is 22.6. The van der Waals surface area contributed by atoms with Crippen molar-refractivity contribution in [3.63, 3.8) is 0 Å². The number of hydrogen-bond donors (Lipinski definition) is 2. The van der Waals surface area contributed by atoms with Crippen LogP contribution in [0.4, 0.5) is 0 Å². The summed E-state index contributed by atoms with van der Waals surface area (Å²) in [5, 5.41) is 29.6. The fourth-order valence-corrected chi connectivity index (χ4v) is 9.51. The Balaban J connectivity index is 0.00000771. The van der Waals surface area contributed by atoms with E-state index in [1.54, 1.807) is 31.2 Å². The Morgan fingerprint density at radius 3 is 2.39 bits per heavy atom. The molecule has 338 valence electrons. The molecule has 13 heteroatoms. The molecule has 1 unspecified atom stereocenters. The molecule has 0 spiro atoms. The van der Waals surface area contributed by atoms with Crippen LogP contribution in [-0.4, -0.2) is 65.6 Å². The van der Waals surface area contributed by atoms with Gasteiger partial charge in [-0.2, -0.15) is 11.4 Å². The number of carbonyl (C=O) groups excluding carboxylic acids is 4. The standard InChI is InChI=1S/C51H64N4O8.Mg/c1-10-28(4)15-13-16-29(5)17-14-18-30(6)21-22-62-44(58)20-19-36-31(7)39-24-42-32(8)34(11-2)43(55(42)61)25-41-37(26-56)35(12-3)40(52-41)23-38-33(9)45-49(54-38)46(48(36)53-39)47(50(45)59)51(60)63-27-57;/h11,21,23-26,28-29,31,36,47,55,57H,2,10,12-20,22,27H2,1,3-9H3,(H-,53,54,56,59);/q-2;+2/p-1/b30-21+,39-24-,41-25-;/t28-,29+,31+,36+,47-;/m1./s1. The number of aldehydes is 1. The molecule has 0 radical (unpaired) electrons. The van der Waals surface area contributed by atoms with Gasteiger partial charge in [0.1, 0.15) is 30.2 Å². The molecule has 2 aromatic rings. The van der Waals surface area contributed by atoms with Crippen LogP contribution in [0.5, 0.6) is 0 Å². The third-order valence-corrected chi connectivity index (χ3v) is 13.6. The molecule has 6 rings (SSSR count). The molecule has 12 nitrogen and oxygen atoms in total. The van der Waals surface area contributed by atoms with Crippen LogP contribution in [0.15, 0.2) is 64.3 Å². The van der Waals surface area contributed by atoms with E-state index in [1.165, 1.54) is 37.7 Å². The van der Waals surface area contributed by atoms with Crippen LogP contribution >= 0.6 is 0 Å². The first-order valence-corrected chi connectivity index (χ1v) is 22.6. The smallest absolute Gasteiger partial charge is 0.664 e. The van der Waals surface area contributed by atoms with Crippen LogP contribution in [0, 0.1) is 41.7 Å². The Bertz CT molecular complexity index is 2440. The minimum absolute atomic E-state index is 0. The Morgan fingerprint density at radius 1 is 1.00 bits per heavy atom. The molecule has 5 heterocycles. The number of allylic oxidation sites excluding steroid dienone is 8. The van der Waals surface area contributed by atoms with Gasteiger partial charge in [-0.3, -0.25) is 19.2 Å². The molecule has 4 aliphatic rings. The summed E-state index contributed by atoms with van der Waals surface area (Å²) in [4.78, 5) is 63.7. The van der Waals surface area contributed by atoms with E-state index in [2.05, 4.69) is 34.3 Å². The Labute approximate surface area is 393 Å². The molecule has 0 saturated carbocycles. The maximum absolute atomic E-state index is 14.4. The first kappa shape index (κ1) is 50.5. The minimum atomic E-state index is -1.47. The van der Waals surface area contributed by atoms with Crippen LogP contribution in [-0.2, 0) is 25.5 Å². The zero-order chi connectivity index (χ0) is 45.7. The average molecular weight is 884 g/mol. The van der Waals surface area contributed by atoms with Gasteiger partial charge in [-0.25, -0.2) is 0 Å². The molecule has 0 aromatic carbocycles. The van der Waals surface area contributed by atoms with Gasteiger partial charge in [0.05, 0.1) is 0 Å². The van der Waals surface area contributed by atoms with Gasteiger partial charge in [0.15, 0.2) is 12.6 Å². The van der Waals surface area contributed by atoms with Crippen LogP contribution < -0.4 is 25.7 Å². The zero-order valence-electron chi connectivity index (χ0n) is 38.9. The normalized spacial score (nSPS) is 24.2. The van der Waals surface area contributed by atoms with Crippen molar-refractivity contribution in [1.29, 1.82) is 0 Å². The number of hydrogen-bond acceptors (Lipinski definition) is 8. The van der Waals surface area contributed by atoms with E-state index in [-0.39, 0.29) is 70.3 Å². The van der Waals surface area contributed by atoms with Crippen molar-refractivity contribution in [2.24, 2.45) is 29.6 Å². The molecule has 2 N–H and O–H groups in total. The summed E-state index contributed by atoms with van der Waals surface area (Å²) in [6.07, 6.45) is 18.4. The number of Topliss-reactive ketones (excluding diaryl/α,β-unsaturated/α-hetero) is 1. The average Bonchev–Trinajstić information content (AvgIpc) is 3.99. The van der Waals surface area contributed by atoms with Gasteiger partial charge >= 0.3 is 35.0 Å². The number of aromatic nitrogens is 2. The minimum Gasteiger partial charge on any atom is -0.664 e. The van der Waals surface area contributed by atoms with Crippen molar-refractivity contribution in [2.75, 3.05) is 13.4 Å². The topological polar surface area (TPSA) is 177 Å². The zero-order valence-corrected chi connectivity index (χ0v) is 40.3. The summed E-state index contributed by atoms with van der Waals surface area (Å²) >= 11 is 0. The molecule has 3 aliphatic heterocycles. The molecule has 6 atom stereocenters. The van der Waals surface area contributed by atoms with E-state index in [9.17, 15) is 29.5 Å². The molecule has 8 bridgehead atoms. The third kappa shape index (κ3) is 10.3. The van der Waals surface area contributed by atoms with Gasteiger partial charge in [0.2, 0.25) is 0 Å². The number of ketones is 1. The summed E-state index contributed by atoms with van der Waals surface area (Å²) in [5.74, 6) is -2.77. The number of aliphatic hydroxyl groups is 1. The van der Waals surface area contributed by atoms with Crippen molar-refractivity contribution in [3.8, 4) is 0 Å². The van der Waals surface area contributed by atoms with Gasteiger partial charge in [0, 0.05) is 28.7 Å². The molecular weight excluding hydrogens is 821 g/mol. The Morgan fingerprint density at radius 2 is 1.72 bits per heavy atom. The molecule has 2 aromatic heterocycles. The predicted molar refractivity (Wildman–Crippen MR) is 249 cm³/mol. The van der Waals surface area contributed by atoms with E-state index in [1.807, 2.05) is 26.8 Å². The van der Waals surface area contributed by atoms with Crippen LogP contribution in [0.1, 0.15) is 149 Å². The van der Waals surface area contributed by atoms with Crippen molar-refractivity contribution >= 4 is 64.8 Å². The number of rotatable bonds is 19. The second kappa shape index (κ2) is 22.1. The van der Waals surface area contributed by atoms with Crippen LogP contribution in [0.2, 0.25) is 0 Å². The fourth-order valence-electron chi connectivity index (χ4n) is 9.51. The fraction of sp³-hybridized carbons (Fsp3) is 0.490. The molecule has 0 amide bonds. The molecule has 1 aliphatic carbocycles. The number of nitrogens with zero attached hydrogens (tertiary/aromatic N) is 3. The maximum atomic E-state index is 14.4. The first-order chi connectivity index (χ1) is 30.2. The predicted octanol–water partition coefficient (Wildman–Crippen LogP) is 6.47. The monoisotopic (exact) mass is 883 g/mol. The molecule has 1 fully saturated rings. The Kier molecular flexibility index (Phi) is 17.4. The van der Waals surface area contributed by atoms with Crippen molar-refractivity contribution in [3.05, 3.63) is 119 Å². The van der Waals surface area contributed by atoms with E-state index in [4.69, 9.17) is 24.8 Å². The Hall–Kier alpha value is -4.53. The number of esters is 2. The summed E-state index contributed by atoms with van der Waals surface area (Å²) in [6.45, 7) is 19.6. The van der Waals surface area contributed by atoms with Gasteiger partial charge in [-0.15, -0.1) is 22.1 Å². The van der Waals surface area contributed by atoms with Crippen molar-refractivity contribution in [2.45, 2.75) is 120 Å². The second-order valence-electron chi connectivity index (χ2n) is 17.8. The summed E-state index contributed by atoms with van der Waals surface area (Å²) in [6, 6.07) is 0. The third-order valence-electron chi connectivity index (χ3n) is 13.6. The van der Waals surface area contributed by atoms with Gasteiger partial charge in [-0.1, -0.05) is 108 Å². The molecule has 64 heavy (non-hydrogen) atoms. The molecule has 1 saturated heterocycles.